The maximum Gasteiger partial charge on any atom is 0.253 e. The Morgan fingerprint density at radius 2 is 2.06 bits per heavy atom. The summed E-state index contributed by atoms with van der Waals surface area (Å²) in [6.07, 6.45) is 13.6. The van der Waals surface area contributed by atoms with Crippen LogP contribution in [-0.4, -0.2) is 45.4 Å². The molecule has 180 valence electrons. The van der Waals surface area contributed by atoms with E-state index in [2.05, 4.69) is 31.8 Å². The highest BCUT2D eigenvalue weighted by Crippen LogP contribution is 2.28. The first-order valence-corrected chi connectivity index (χ1v) is 12.2. The van der Waals surface area contributed by atoms with Gasteiger partial charge in [0, 0.05) is 56.2 Å². The van der Waals surface area contributed by atoms with Gasteiger partial charge in [0.1, 0.15) is 11.4 Å². The number of imidazole rings is 1. The summed E-state index contributed by atoms with van der Waals surface area (Å²) in [5, 5.41) is 3.39. The number of carbonyl (C=O) groups is 1. The summed E-state index contributed by atoms with van der Waals surface area (Å²) in [4.78, 5) is 24.1. The van der Waals surface area contributed by atoms with Crippen LogP contribution in [0.2, 0.25) is 0 Å². The van der Waals surface area contributed by atoms with Crippen molar-refractivity contribution in [3.05, 3.63) is 90.1 Å². The second-order valence-electron chi connectivity index (χ2n) is 9.11. The molecule has 3 aromatic heterocycles. The maximum atomic E-state index is 13.4. The fourth-order valence-electron chi connectivity index (χ4n) is 4.91. The van der Waals surface area contributed by atoms with Crippen LogP contribution >= 0.6 is 0 Å². The molecule has 7 nitrogen and oxygen atoms in total. The standard InChI is InChI=1S/C28H31N5O2/c1-35-26-9-8-24(18-25(26)31-20-22-5-2-11-29-19-22)28(34)33-14-3-6-21(10-15-33)17-23-7-4-13-32-16-12-30-27(23)32/h2,4-5,7-9,11-13,16,18-19,21,31H,3,6,10,14-15,17,20H2,1H3/t21-/m0/s1. The number of rotatable bonds is 7. The number of likely N-dealkylation sites (tertiary alicyclic amines) is 1. The molecule has 5 rings (SSSR count). The van der Waals surface area contributed by atoms with Gasteiger partial charge in [-0.25, -0.2) is 4.98 Å². The van der Waals surface area contributed by atoms with E-state index in [9.17, 15) is 4.79 Å². The Morgan fingerprint density at radius 3 is 2.91 bits per heavy atom. The first-order valence-electron chi connectivity index (χ1n) is 12.2. The summed E-state index contributed by atoms with van der Waals surface area (Å²) in [6, 6.07) is 13.8. The van der Waals surface area contributed by atoms with Gasteiger partial charge in [-0.1, -0.05) is 12.1 Å². The zero-order valence-corrected chi connectivity index (χ0v) is 20.1. The third kappa shape index (κ3) is 5.29. The van der Waals surface area contributed by atoms with Crippen molar-refractivity contribution in [2.75, 3.05) is 25.5 Å². The molecular formula is C28H31N5O2. The minimum Gasteiger partial charge on any atom is -0.495 e. The molecule has 35 heavy (non-hydrogen) atoms. The third-order valence-corrected chi connectivity index (χ3v) is 6.80. The van der Waals surface area contributed by atoms with Crippen molar-refractivity contribution in [1.29, 1.82) is 0 Å². The zero-order chi connectivity index (χ0) is 24.0. The third-order valence-electron chi connectivity index (χ3n) is 6.80. The number of anilines is 1. The molecule has 1 N–H and O–H groups in total. The first-order chi connectivity index (χ1) is 17.2. The molecule has 1 aromatic carbocycles. The Kier molecular flexibility index (Phi) is 6.93. The van der Waals surface area contributed by atoms with Crippen LogP contribution in [0.25, 0.3) is 5.65 Å². The number of hydrogen-bond acceptors (Lipinski definition) is 5. The Bertz CT molecular complexity index is 1290. The largest absolute Gasteiger partial charge is 0.495 e. The normalized spacial score (nSPS) is 16.1. The van der Waals surface area contributed by atoms with Gasteiger partial charge in [-0.3, -0.25) is 9.78 Å². The minimum absolute atomic E-state index is 0.0769. The van der Waals surface area contributed by atoms with E-state index in [-0.39, 0.29) is 5.91 Å². The lowest BCUT2D eigenvalue weighted by Gasteiger charge is -2.22. The van der Waals surface area contributed by atoms with E-state index in [1.54, 1.807) is 13.3 Å². The number of hydrogen-bond donors (Lipinski definition) is 1. The molecule has 1 atom stereocenters. The quantitative estimate of drug-likeness (QED) is 0.420. The molecule has 0 radical (unpaired) electrons. The van der Waals surface area contributed by atoms with Gasteiger partial charge in [-0.05, 0) is 73.1 Å². The number of amides is 1. The number of fused-ring (bicyclic) bond motifs is 1. The van der Waals surface area contributed by atoms with Gasteiger partial charge in [-0.15, -0.1) is 0 Å². The highest BCUT2D eigenvalue weighted by atomic mass is 16.5. The van der Waals surface area contributed by atoms with Gasteiger partial charge < -0.3 is 19.4 Å². The molecule has 0 unspecified atom stereocenters. The molecule has 4 heterocycles. The van der Waals surface area contributed by atoms with Crippen molar-refractivity contribution >= 4 is 17.2 Å². The van der Waals surface area contributed by atoms with Gasteiger partial charge in [0.2, 0.25) is 0 Å². The molecule has 7 heteroatoms. The van der Waals surface area contributed by atoms with Crippen LogP contribution in [0.1, 0.15) is 40.7 Å². The minimum atomic E-state index is 0.0769. The molecule has 4 aromatic rings. The van der Waals surface area contributed by atoms with Crippen molar-refractivity contribution in [3.8, 4) is 5.75 Å². The van der Waals surface area contributed by atoms with E-state index in [0.717, 1.165) is 61.4 Å². The molecule has 0 bridgehead atoms. The SMILES string of the molecule is COc1ccc(C(=O)N2CCC[C@H](Cc3cccn4ccnc34)CC2)cc1NCc1cccnc1. The molecule has 1 fully saturated rings. The first kappa shape index (κ1) is 22.9. The van der Waals surface area contributed by atoms with E-state index in [0.29, 0.717) is 18.0 Å². The monoisotopic (exact) mass is 469 g/mol. The summed E-state index contributed by atoms with van der Waals surface area (Å²) in [5.74, 6) is 1.34. The average molecular weight is 470 g/mol. The summed E-state index contributed by atoms with van der Waals surface area (Å²) in [5.41, 5.74) is 4.87. The number of nitrogens with one attached hydrogen (secondary N) is 1. The number of ether oxygens (including phenoxy) is 1. The Labute approximate surface area is 205 Å². The molecule has 1 aliphatic heterocycles. The van der Waals surface area contributed by atoms with E-state index in [4.69, 9.17) is 4.74 Å². The van der Waals surface area contributed by atoms with Gasteiger partial charge in [0.25, 0.3) is 5.91 Å². The van der Waals surface area contributed by atoms with Crippen LogP contribution in [0.3, 0.4) is 0 Å². The molecule has 1 saturated heterocycles. The fourth-order valence-corrected chi connectivity index (χ4v) is 4.91. The number of aromatic nitrogens is 3. The topological polar surface area (TPSA) is 71.8 Å². The second-order valence-corrected chi connectivity index (χ2v) is 9.11. The van der Waals surface area contributed by atoms with E-state index in [1.165, 1.54) is 5.56 Å². The maximum absolute atomic E-state index is 13.4. The van der Waals surface area contributed by atoms with E-state index < -0.39 is 0 Å². The average Bonchev–Trinajstić information content (AvgIpc) is 3.27. The van der Waals surface area contributed by atoms with Gasteiger partial charge in [-0.2, -0.15) is 0 Å². The predicted molar refractivity (Wildman–Crippen MR) is 137 cm³/mol. The van der Waals surface area contributed by atoms with Crippen LogP contribution in [0.5, 0.6) is 5.75 Å². The highest BCUT2D eigenvalue weighted by molar-refractivity contribution is 5.95. The van der Waals surface area contributed by atoms with Crippen molar-refractivity contribution in [3.63, 3.8) is 0 Å². The Morgan fingerprint density at radius 1 is 1.11 bits per heavy atom. The summed E-state index contributed by atoms with van der Waals surface area (Å²) in [7, 11) is 1.64. The zero-order valence-electron chi connectivity index (χ0n) is 20.1. The molecular weight excluding hydrogens is 438 g/mol. The molecule has 0 spiro atoms. The molecule has 1 amide bonds. The highest BCUT2D eigenvalue weighted by Gasteiger charge is 2.23. The van der Waals surface area contributed by atoms with Crippen LogP contribution in [0.15, 0.2) is 73.4 Å². The van der Waals surface area contributed by atoms with Gasteiger partial charge in [0.15, 0.2) is 0 Å². The number of methoxy groups -OCH3 is 1. The van der Waals surface area contributed by atoms with Crippen molar-refractivity contribution in [2.24, 2.45) is 5.92 Å². The number of nitrogens with zero attached hydrogens (tertiary/aromatic N) is 4. The number of carbonyl (C=O) groups excluding carboxylic acids is 1. The predicted octanol–water partition coefficient (Wildman–Crippen LogP) is 4.84. The van der Waals surface area contributed by atoms with Gasteiger partial charge in [0.05, 0.1) is 12.8 Å². The van der Waals surface area contributed by atoms with E-state index >= 15 is 0 Å². The van der Waals surface area contributed by atoms with Crippen LogP contribution in [-0.2, 0) is 13.0 Å². The lowest BCUT2D eigenvalue weighted by molar-refractivity contribution is 0.0760. The smallest absolute Gasteiger partial charge is 0.253 e. The fraction of sp³-hybridized carbons (Fsp3) is 0.321. The Hall–Kier alpha value is -3.87. The molecule has 0 aliphatic carbocycles. The Balaban J connectivity index is 1.24. The second kappa shape index (κ2) is 10.6. The van der Waals surface area contributed by atoms with Crippen LogP contribution in [0, 0.1) is 5.92 Å². The number of pyridine rings is 2. The van der Waals surface area contributed by atoms with Crippen LogP contribution in [0.4, 0.5) is 5.69 Å². The lowest BCUT2D eigenvalue weighted by Crippen LogP contribution is -2.32. The number of benzene rings is 1. The summed E-state index contributed by atoms with van der Waals surface area (Å²) < 4.78 is 7.59. The van der Waals surface area contributed by atoms with Crippen molar-refractivity contribution < 1.29 is 9.53 Å². The van der Waals surface area contributed by atoms with E-state index in [1.807, 2.05) is 60.0 Å². The lowest BCUT2D eigenvalue weighted by atomic mass is 9.93. The molecule has 1 aliphatic rings. The molecule has 0 saturated carbocycles. The van der Waals surface area contributed by atoms with Crippen LogP contribution < -0.4 is 10.1 Å². The van der Waals surface area contributed by atoms with Crippen molar-refractivity contribution in [1.82, 2.24) is 19.3 Å². The van der Waals surface area contributed by atoms with Gasteiger partial charge >= 0.3 is 0 Å². The van der Waals surface area contributed by atoms with Crippen molar-refractivity contribution in [2.45, 2.75) is 32.2 Å². The summed E-state index contributed by atoms with van der Waals surface area (Å²) in [6.45, 7) is 2.16. The summed E-state index contributed by atoms with van der Waals surface area (Å²) >= 11 is 0.